The minimum Gasteiger partial charge on any atom is -0.444 e. The summed E-state index contributed by atoms with van der Waals surface area (Å²) in [6.07, 6.45) is 8.01. The third kappa shape index (κ3) is 4.58. The van der Waals surface area contributed by atoms with Gasteiger partial charge in [0.15, 0.2) is 0 Å². The van der Waals surface area contributed by atoms with Crippen molar-refractivity contribution in [3.63, 3.8) is 0 Å². The zero-order chi connectivity index (χ0) is 16.2. The van der Waals surface area contributed by atoms with E-state index in [0.29, 0.717) is 0 Å². The standard InChI is InChI=1S/C16H26N4O2/c1-16(2,3)22-15(21)20-10-6-5-7-13(20)12-19(4)14-11-17-8-9-18-14/h8-9,11,13H,5-7,10,12H2,1-4H3. The Morgan fingerprint density at radius 1 is 1.41 bits per heavy atom. The summed E-state index contributed by atoms with van der Waals surface area (Å²) in [5.41, 5.74) is -0.462. The molecule has 0 saturated carbocycles. The van der Waals surface area contributed by atoms with Crippen molar-refractivity contribution in [1.82, 2.24) is 14.9 Å². The second kappa shape index (κ2) is 6.94. The van der Waals surface area contributed by atoms with Crippen LogP contribution in [0.5, 0.6) is 0 Å². The number of nitrogens with zero attached hydrogens (tertiary/aromatic N) is 4. The van der Waals surface area contributed by atoms with Gasteiger partial charge in [-0.25, -0.2) is 9.78 Å². The minimum absolute atomic E-state index is 0.149. The maximum Gasteiger partial charge on any atom is 0.410 e. The summed E-state index contributed by atoms with van der Waals surface area (Å²) < 4.78 is 5.54. The third-order valence-electron chi connectivity index (χ3n) is 3.68. The Kier molecular flexibility index (Phi) is 5.21. The van der Waals surface area contributed by atoms with Gasteiger partial charge in [-0.3, -0.25) is 4.98 Å². The largest absolute Gasteiger partial charge is 0.444 e. The predicted octanol–water partition coefficient (Wildman–Crippen LogP) is 2.70. The maximum absolute atomic E-state index is 12.4. The van der Waals surface area contributed by atoms with Crippen LogP contribution in [0.3, 0.4) is 0 Å². The number of rotatable bonds is 3. The van der Waals surface area contributed by atoms with E-state index in [1.165, 1.54) is 0 Å². The summed E-state index contributed by atoms with van der Waals surface area (Å²) in [6, 6.07) is 0.149. The zero-order valence-electron chi connectivity index (χ0n) is 14.0. The monoisotopic (exact) mass is 306 g/mol. The number of likely N-dealkylation sites (N-methyl/N-ethyl adjacent to an activating group) is 1. The second-order valence-corrected chi connectivity index (χ2v) is 6.77. The van der Waals surface area contributed by atoms with Crippen LogP contribution in [0, 0.1) is 0 Å². The number of hydrogen-bond donors (Lipinski definition) is 0. The molecule has 0 bridgehead atoms. The van der Waals surface area contributed by atoms with Gasteiger partial charge < -0.3 is 14.5 Å². The first-order valence-corrected chi connectivity index (χ1v) is 7.83. The van der Waals surface area contributed by atoms with Crippen molar-refractivity contribution in [3.8, 4) is 0 Å². The molecule has 6 heteroatoms. The van der Waals surface area contributed by atoms with Crippen molar-refractivity contribution < 1.29 is 9.53 Å². The molecule has 1 aliphatic rings. The topological polar surface area (TPSA) is 58.6 Å². The van der Waals surface area contributed by atoms with E-state index in [-0.39, 0.29) is 12.1 Å². The van der Waals surface area contributed by atoms with E-state index < -0.39 is 5.60 Å². The third-order valence-corrected chi connectivity index (χ3v) is 3.68. The fourth-order valence-corrected chi connectivity index (χ4v) is 2.65. The van der Waals surface area contributed by atoms with Crippen LogP contribution in [0.25, 0.3) is 0 Å². The highest BCUT2D eigenvalue weighted by molar-refractivity contribution is 5.68. The molecule has 1 amide bonds. The van der Waals surface area contributed by atoms with Crippen molar-refractivity contribution in [1.29, 1.82) is 0 Å². The highest BCUT2D eigenvalue weighted by Crippen LogP contribution is 2.22. The summed E-state index contributed by atoms with van der Waals surface area (Å²) in [6.45, 7) is 7.19. The first-order chi connectivity index (χ1) is 10.4. The Morgan fingerprint density at radius 2 is 2.18 bits per heavy atom. The molecule has 1 aromatic rings. The van der Waals surface area contributed by atoms with Crippen LogP contribution in [0.15, 0.2) is 18.6 Å². The number of anilines is 1. The molecule has 0 aromatic carbocycles. The summed E-state index contributed by atoms with van der Waals surface area (Å²) in [4.78, 5) is 24.7. The molecule has 22 heavy (non-hydrogen) atoms. The molecule has 1 aromatic heterocycles. The van der Waals surface area contributed by atoms with Crippen molar-refractivity contribution in [3.05, 3.63) is 18.6 Å². The van der Waals surface area contributed by atoms with E-state index in [2.05, 4.69) is 9.97 Å². The fourth-order valence-electron chi connectivity index (χ4n) is 2.65. The summed E-state index contributed by atoms with van der Waals surface area (Å²) >= 11 is 0. The van der Waals surface area contributed by atoms with E-state index >= 15 is 0 Å². The Bertz CT molecular complexity index is 487. The molecule has 0 aliphatic carbocycles. The molecule has 1 fully saturated rings. The van der Waals surface area contributed by atoms with Crippen molar-refractivity contribution >= 4 is 11.9 Å². The van der Waals surface area contributed by atoms with Gasteiger partial charge in [0.05, 0.1) is 12.2 Å². The van der Waals surface area contributed by atoms with Crippen LogP contribution in [0.1, 0.15) is 40.0 Å². The van der Waals surface area contributed by atoms with Crippen LogP contribution in [0.4, 0.5) is 10.6 Å². The van der Waals surface area contributed by atoms with Gasteiger partial charge in [0.25, 0.3) is 0 Å². The normalized spacial score (nSPS) is 18.9. The summed E-state index contributed by atoms with van der Waals surface area (Å²) in [7, 11) is 1.98. The lowest BCUT2D eigenvalue weighted by Gasteiger charge is -2.38. The second-order valence-electron chi connectivity index (χ2n) is 6.77. The molecule has 2 rings (SSSR count). The van der Waals surface area contributed by atoms with Crippen LogP contribution in [0.2, 0.25) is 0 Å². The molecule has 0 spiro atoms. The molecule has 122 valence electrons. The average Bonchev–Trinajstić information content (AvgIpc) is 2.47. The van der Waals surface area contributed by atoms with Gasteiger partial charge in [-0.05, 0) is 40.0 Å². The summed E-state index contributed by atoms with van der Waals surface area (Å²) in [5.74, 6) is 0.817. The van der Waals surface area contributed by atoms with Gasteiger partial charge in [-0.1, -0.05) is 0 Å². The Balaban J connectivity index is 2.02. The van der Waals surface area contributed by atoms with Crippen molar-refractivity contribution in [2.45, 2.75) is 51.7 Å². The quantitative estimate of drug-likeness (QED) is 0.859. The van der Waals surface area contributed by atoms with E-state index in [1.54, 1.807) is 18.6 Å². The van der Waals surface area contributed by atoms with E-state index in [4.69, 9.17) is 4.74 Å². The van der Waals surface area contributed by atoms with Gasteiger partial charge in [-0.15, -0.1) is 0 Å². The number of aromatic nitrogens is 2. The van der Waals surface area contributed by atoms with E-state index in [0.717, 1.165) is 38.2 Å². The lowest BCUT2D eigenvalue weighted by molar-refractivity contribution is 0.0108. The zero-order valence-corrected chi connectivity index (χ0v) is 14.0. The number of hydrogen-bond acceptors (Lipinski definition) is 5. The molecule has 0 radical (unpaired) electrons. The molecule has 1 unspecified atom stereocenters. The number of carbonyl (C=O) groups is 1. The number of likely N-dealkylation sites (tertiary alicyclic amines) is 1. The van der Waals surface area contributed by atoms with Gasteiger partial charge in [0.2, 0.25) is 0 Å². The number of piperidine rings is 1. The molecular weight excluding hydrogens is 280 g/mol. The first-order valence-electron chi connectivity index (χ1n) is 7.83. The number of ether oxygens (including phenoxy) is 1. The van der Waals surface area contributed by atoms with Crippen LogP contribution >= 0.6 is 0 Å². The van der Waals surface area contributed by atoms with Crippen LogP contribution in [-0.4, -0.2) is 52.7 Å². The molecule has 1 aliphatic heterocycles. The number of amides is 1. The molecule has 6 nitrogen and oxygen atoms in total. The SMILES string of the molecule is CN(CC1CCCCN1C(=O)OC(C)(C)C)c1cnccn1. The Labute approximate surface area is 132 Å². The lowest BCUT2D eigenvalue weighted by atomic mass is 10.0. The first kappa shape index (κ1) is 16.5. The van der Waals surface area contributed by atoms with Gasteiger partial charge >= 0.3 is 6.09 Å². The van der Waals surface area contributed by atoms with Crippen LogP contribution in [-0.2, 0) is 4.74 Å². The highest BCUT2D eigenvalue weighted by Gasteiger charge is 2.31. The average molecular weight is 306 g/mol. The summed E-state index contributed by atoms with van der Waals surface area (Å²) in [5, 5.41) is 0. The van der Waals surface area contributed by atoms with Gasteiger partial charge in [0.1, 0.15) is 11.4 Å². The fraction of sp³-hybridized carbons (Fsp3) is 0.688. The van der Waals surface area contributed by atoms with E-state index in [1.807, 2.05) is 37.6 Å². The maximum atomic E-state index is 12.4. The van der Waals surface area contributed by atoms with Gasteiger partial charge in [-0.2, -0.15) is 0 Å². The minimum atomic E-state index is -0.462. The molecular formula is C16H26N4O2. The number of carbonyl (C=O) groups excluding carboxylic acids is 1. The smallest absolute Gasteiger partial charge is 0.410 e. The van der Waals surface area contributed by atoms with Crippen molar-refractivity contribution in [2.24, 2.45) is 0 Å². The highest BCUT2D eigenvalue weighted by atomic mass is 16.6. The molecule has 0 N–H and O–H groups in total. The predicted molar refractivity (Wildman–Crippen MR) is 85.9 cm³/mol. The van der Waals surface area contributed by atoms with Crippen molar-refractivity contribution in [2.75, 3.05) is 25.0 Å². The lowest BCUT2D eigenvalue weighted by Crippen LogP contribution is -2.50. The molecule has 1 atom stereocenters. The molecule has 1 saturated heterocycles. The Hall–Kier alpha value is -1.85. The Morgan fingerprint density at radius 3 is 2.82 bits per heavy atom. The van der Waals surface area contributed by atoms with E-state index in [9.17, 15) is 4.79 Å². The van der Waals surface area contributed by atoms with Gasteiger partial charge in [0, 0.05) is 32.5 Å². The molecule has 2 heterocycles. The van der Waals surface area contributed by atoms with Crippen LogP contribution < -0.4 is 4.90 Å².